The molecule has 4 atom stereocenters. The third kappa shape index (κ3) is 23.5. The minimum Gasteiger partial charge on any atom is -0.379 e. The smallest absolute Gasteiger partial charge is 0.164 e. The zero-order chi connectivity index (χ0) is 97.2. The predicted molar refractivity (Wildman–Crippen MR) is 571 cm³/mol. The quantitative estimate of drug-likeness (QED) is 0.0385. The van der Waals surface area contributed by atoms with Gasteiger partial charge in [-0.25, -0.2) is 0 Å². The Balaban J connectivity index is 0.000000128. The Bertz CT molecular complexity index is 6500. The fraction of sp³-hybridized carbons (Fsp3) is 0.452. The van der Waals surface area contributed by atoms with Crippen LogP contribution in [0, 0.1) is 83.1 Å². The molecule has 4 aromatic carbocycles. The lowest BCUT2D eigenvalue weighted by atomic mass is 10.00. The molecule has 0 bridgehead atoms. The SMILES string of the molecule is Cc1sc2c(c1C)C(c1ccc(Cl)cc1)=N[C@@H](CN(C)CCCN1CCN(C)CC1)c1nnc(C)n1-2.Cc1sc2c(c1C)C(c1ccc(Cl)cc1)=N[C@@H](CNCCCN1CCN(C)CC1)c1nnc(C)n1-2.Cc1sc2c(c1C)C(c1ccc(Cl)cc1)=N[C@@H](CNCCCN1CCOCC1)c1nnc(C)n1-2.Cc1sc2c(c1C)C(c1ccc(Cl)cc1)=N[C@@H](CNCCCc1cccnc1)c1nnc(C)n1-2. The first kappa shape index (κ1) is 101. The number of ether oxygens (including phenoxy) is 1. The van der Waals surface area contributed by atoms with E-state index < -0.39 is 0 Å². The van der Waals surface area contributed by atoms with Crippen LogP contribution in [-0.4, -0.2) is 288 Å². The summed E-state index contributed by atoms with van der Waals surface area (Å²) >= 11 is 32.0. The molecule has 16 heterocycles. The monoisotopic (exact) mass is 2020 g/mol. The Morgan fingerprint density at radius 2 is 0.669 bits per heavy atom. The van der Waals surface area contributed by atoms with Crippen LogP contribution in [0.15, 0.2) is 142 Å². The van der Waals surface area contributed by atoms with Crippen molar-refractivity contribution in [1.29, 1.82) is 0 Å². The summed E-state index contributed by atoms with van der Waals surface area (Å²) in [5.41, 5.74) is 19.3. The first-order chi connectivity index (χ1) is 67.3. The number of aryl methyl sites for hydroxylation is 9. The Morgan fingerprint density at radius 1 is 0.367 bits per heavy atom. The summed E-state index contributed by atoms with van der Waals surface area (Å²) in [5.74, 6) is 7.17. The first-order valence-electron chi connectivity index (χ1n) is 48.6. The summed E-state index contributed by atoms with van der Waals surface area (Å²) in [6, 6.07) is 35.6. The van der Waals surface area contributed by atoms with Gasteiger partial charge in [0, 0.05) is 188 Å². The first-order valence-corrected chi connectivity index (χ1v) is 53.3. The predicted octanol–water partition coefficient (Wildman–Crippen LogP) is 17.9. The molecule has 0 saturated carbocycles. The van der Waals surface area contributed by atoms with Gasteiger partial charge in [-0.1, -0.05) is 101 Å². The fourth-order valence-corrected chi connectivity index (χ4v) is 24.3. The lowest BCUT2D eigenvalue weighted by Gasteiger charge is -2.32. The normalized spacial score (nSPS) is 17.7. The van der Waals surface area contributed by atoms with Crippen molar-refractivity contribution in [2.75, 3.05) is 172 Å². The molecular weight excluding hydrogens is 1900 g/mol. The van der Waals surface area contributed by atoms with E-state index in [2.05, 4.69) is 241 Å². The number of thiophene rings is 4. The second-order valence-corrected chi connectivity index (χ2v) is 43.8. The maximum absolute atomic E-state index is 6.23. The van der Waals surface area contributed by atoms with Gasteiger partial charge in [0.05, 0.1) is 36.1 Å². The molecule has 0 amide bonds. The topological polar surface area (TPSA) is 250 Å². The van der Waals surface area contributed by atoms with E-state index in [9.17, 15) is 0 Å². The molecule has 20 rings (SSSR count). The van der Waals surface area contributed by atoms with Crippen molar-refractivity contribution in [3.05, 3.63) is 280 Å². The number of nitrogens with one attached hydrogen (secondary N) is 3. The molecule has 9 aromatic heterocycles. The number of halogens is 4. The van der Waals surface area contributed by atoms with E-state index in [0.29, 0.717) is 13.1 Å². The highest BCUT2D eigenvalue weighted by molar-refractivity contribution is 7.16. The van der Waals surface area contributed by atoms with Crippen LogP contribution in [0.4, 0.5) is 0 Å². The summed E-state index contributed by atoms with van der Waals surface area (Å²) in [7, 11) is 6.61. The van der Waals surface area contributed by atoms with Gasteiger partial charge in [-0.2, -0.15) is 0 Å². The number of fused-ring (bicyclic) bond motifs is 12. The highest BCUT2D eigenvalue weighted by atomic mass is 35.5. The number of piperazine rings is 2. The zero-order valence-electron chi connectivity index (χ0n) is 82.5. The van der Waals surface area contributed by atoms with E-state index in [4.69, 9.17) is 71.1 Å². The van der Waals surface area contributed by atoms with E-state index in [1.165, 1.54) is 77.1 Å². The van der Waals surface area contributed by atoms with Crippen molar-refractivity contribution in [3.8, 4) is 20.0 Å². The molecule has 3 fully saturated rings. The average Bonchev–Trinajstić information content (AvgIpc) is 1.61. The molecule has 3 saturated heterocycles. The number of rotatable bonds is 28. The third-order valence-electron chi connectivity index (χ3n) is 27.4. The van der Waals surface area contributed by atoms with Crippen molar-refractivity contribution in [2.45, 2.75) is 139 Å². The molecule has 7 aliphatic heterocycles. The van der Waals surface area contributed by atoms with Crippen molar-refractivity contribution in [1.82, 2.24) is 109 Å². The average molecular weight is 2030 g/mol. The number of likely N-dealkylation sites (N-methyl/N-ethyl adjacent to an activating group) is 3. The summed E-state index contributed by atoms with van der Waals surface area (Å²) < 4.78 is 14.3. The molecule has 139 heavy (non-hydrogen) atoms. The lowest BCUT2D eigenvalue weighted by Crippen LogP contribution is -2.45. The van der Waals surface area contributed by atoms with Gasteiger partial charge in [0.25, 0.3) is 0 Å². The molecule has 13 aromatic rings. The third-order valence-corrected chi connectivity index (χ3v) is 33.2. The standard InChI is InChI=1S/C27H36ClN7S.C26H34ClN7S.C26H27ClN6S.C25H31ClN6OS/c1-18-19(2)36-27-24(18)25(21-7-9-22(28)10-8-21)29-23(26-31-30-20(3)35(26)27)17-33(5)11-6-12-34-15-13-32(4)14-16-34;1-17-18(2)35-26-23(17)24(20-6-8-21(27)9-7-20)29-22(25-31-30-19(3)34(25)26)16-28-10-5-11-33-14-12-32(4)13-15-33;1-16-17(2)34-26-23(16)24(20-8-10-21(27)11-9-20)30-22(25-32-31-18(3)33(25)26)15-29-13-5-7-19-6-4-12-28-14-19;1-16-17(2)34-25-22(16)23(19-5-7-20(26)8-6-19)28-21(24-30-29-18(3)32(24)25)15-27-9-4-10-31-11-13-33-14-12-31/h7-10,23H,6,11-17H2,1-5H3;6-9,22,28H,5,10-16H2,1-4H3;4,6,8-12,14,22,29H,5,7,13,15H2,1-3H3;5-8,21,27H,4,9-15H2,1-3H3/t23-;2*22-;21-/m0000/s1. The summed E-state index contributed by atoms with van der Waals surface area (Å²) in [5, 5.41) is 54.6. The van der Waals surface area contributed by atoms with Crippen LogP contribution >= 0.6 is 91.8 Å². The van der Waals surface area contributed by atoms with Crippen LogP contribution in [0.5, 0.6) is 0 Å². The maximum atomic E-state index is 6.23. The number of hydrogen-bond donors (Lipinski definition) is 3. The second-order valence-electron chi connectivity index (χ2n) is 37.3. The largest absolute Gasteiger partial charge is 0.379 e. The number of aromatic nitrogens is 13. The molecular formula is C104H128Cl4N26OS4. The van der Waals surface area contributed by atoms with Crippen LogP contribution in [0.25, 0.3) is 20.0 Å². The molecule has 0 spiro atoms. The number of benzene rings is 4. The van der Waals surface area contributed by atoms with Crippen molar-refractivity contribution < 1.29 is 4.74 Å². The highest BCUT2D eigenvalue weighted by Crippen LogP contribution is 2.45. The van der Waals surface area contributed by atoms with E-state index in [-0.39, 0.29) is 24.2 Å². The van der Waals surface area contributed by atoms with Gasteiger partial charge in [0.15, 0.2) is 23.3 Å². The second kappa shape index (κ2) is 46.5. The number of pyridine rings is 1. The van der Waals surface area contributed by atoms with Crippen LogP contribution in [-0.2, 0) is 11.2 Å². The number of aliphatic imine (C=N–C) groups is 4. The number of morpholine rings is 1. The highest BCUT2D eigenvalue weighted by Gasteiger charge is 2.38. The Morgan fingerprint density at radius 3 is 0.993 bits per heavy atom. The van der Waals surface area contributed by atoms with Gasteiger partial charge in [-0.05, 0) is 265 Å². The number of nitrogens with zero attached hydrogens (tertiary/aromatic N) is 23. The van der Waals surface area contributed by atoms with Gasteiger partial charge in [0.1, 0.15) is 67.5 Å². The van der Waals surface area contributed by atoms with Crippen LogP contribution in [0.1, 0.15) is 188 Å². The summed E-state index contributed by atoms with van der Waals surface area (Å²) in [6.07, 6.45) is 9.14. The maximum Gasteiger partial charge on any atom is 0.164 e. The lowest BCUT2D eigenvalue weighted by molar-refractivity contribution is 0.0374. The summed E-state index contributed by atoms with van der Waals surface area (Å²) in [6.45, 7) is 48.7. The molecule has 0 aliphatic carbocycles. The van der Waals surface area contributed by atoms with E-state index in [0.717, 1.165) is 294 Å². The molecule has 27 nitrogen and oxygen atoms in total. The van der Waals surface area contributed by atoms with Crippen LogP contribution < -0.4 is 16.0 Å². The molecule has 0 radical (unpaired) electrons. The minimum absolute atomic E-state index is 0.107. The van der Waals surface area contributed by atoms with E-state index >= 15 is 0 Å². The van der Waals surface area contributed by atoms with Gasteiger partial charge in [0.2, 0.25) is 0 Å². The van der Waals surface area contributed by atoms with Crippen molar-refractivity contribution in [3.63, 3.8) is 0 Å². The van der Waals surface area contributed by atoms with E-state index in [1.54, 1.807) is 45.3 Å². The van der Waals surface area contributed by atoms with Crippen molar-refractivity contribution >= 4 is 115 Å². The van der Waals surface area contributed by atoms with Crippen LogP contribution in [0.2, 0.25) is 20.1 Å². The van der Waals surface area contributed by atoms with Gasteiger partial charge < -0.3 is 45.2 Å². The Hall–Kier alpha value is -9.17. The fourth-order valence-electron chi connectivity index (χ4n) is 19.0. The molecule has 732 valence electrons. The molecule has 0 unspecified atom stereocenters. The molecule has 35 heteroatoms. The minimum atomic E-state index is -0.149. The zero-order valence-corrected chi connectivity index (χ0v) is 88.8. The van der Waals surface area contributed by atoms with Gasteiger partial charge in [-0.3, -0.25) is 48.1 Å². The van der Waals surface area contributed by atoms with Gasteiger partial charge in [-0.15, -0.1) is 86.1 Å². The summed E-state index contributed by atoms with van der Waals surface area (Å²) in [4.78, 5) is 45.5. The van der Waals surface area contributed by atoms with E-state index in [1.807, 2.05) is 94.7 Å². The van der Waals surface area contributed by atoms with Gasteiger partial charge >= 0.3 is 0 Å². The molecule has 3 N–H and O–H groups in total. The molecule has 7 aliphatic rings. The Labute approximate surface area is 853 Å². The number of hydrogen-bond acceptors (Lipinski definition) is 27. The van der Waals surface area contributed by atoms with Crippen LogP contribution in [0.3, 0.4) is 0 Å². The van der Waals surface area contributed by atoms with Crippen molar-refractivity contribution in [2.24, 2.45) is 20.0 Å². The Kier molecular flexibility index (Phi) is 33.9.